The molecule has 4 nitrogen and oxygen atoms in total. The lowest BCUT2D eigenvalue weighted by atomic mass is 10.1. The van der Waals surface area contributed by atoms with Gasteiger partial charge in [0.1, 0.15) is 5.82 Å². The van der Waals surface area contributed by atoms with Crippen LogP contribution in [0.15, 0.2) is 42.5 Å². The van der Waals surface area contributed by atoms with Crippen LogP contribution in [0.4, 0.5) is 15.8 Å². The van der Waals surface area contributed by atoms with Gasteiger partial charge in [0.05, 0.1) is 4.92 Å². The molecule has 0 saturated carbocycles. The zero-order chi connectivity index (χ0) is 14.5. The molecule has 0 heterocycles. The molecular weight excluding hydrogens is 259 g/mol. The third-order valence-electron chi connectivity index (χ3n) is 3.14. The first kappa shape index (κ1) is 14.0. The Morgan fingerprint density at radius 2 is 1.90 bits per heavy atom. The summed E-state index contributed by atoms with van der Waals surface area (Å²) in [4.78, 5) is 10.1. The second kappa shape index (κ2) is 6.14. The summed E-state index contributed by atoms with van der Waals surface area (Å²) in [6.07, 6.45) is 0.716. The number of hydrogen-bond acceptors (Lipinski definition) is 3. The Balaban J connectivity index is 1.92. The summed E-state index contributed by atoms with van der Waals surface area (Å²) in [7, 11) is 0. The van der Waals surface area contributed by atoms with Gasteiger partial charge in [-0.2, -0.15) is 0 Å². The largest absolute Gasteiger partial charge is 0.384 e. The highest BCUT2D eigenvalue weighted by Gasteiger charge is 2.05. The lowest BCUT2D eigenvalue weighted by molar-refractivity contribution is -0.384. The van der Waals surface area contributed by atoms with Crippen LogP contribution in [-0.4, -0.2) is 11.5 Å². The minimum atomic E-state index is -0.419. The zero-order valence-corrected chi connectivity index (χ0v) is 11.1. The molecule has 0 saturated heterocycles. The van der Waals surface area contributed by atoms with Gasteiger partial charge in [-0.3, -0.25) is 10.1 Å². The number of nitro benzene ring substituents is 1. The van der Waals surface area contributed by atoms with Crippen LogP contribution in [0.25, 0.3) is 0 Å². The SMILES string of the molecule is Cc1c(F)cccc1NCCc1ccc([N+](=O)[O-])cc1. The quantitative estimate of drug-likeness (QED) is 0.668. The first-order chi connectivity index (χ1) is 9.58. The molecule has 0 unspecified atom stereocenters. The maximum atomic E-state index is 13.3. The van der Waals surface area contributed by atoms with Crippen LogP contribution in [0.3, 0.4) is 0 Å². The summed E-state index contributed by atoms with van der Waals surface area (Å²) < 4.78 is 13.3. The van der Waals surface area contributed by atoms with Gasteiger partial charge in [0.25, 0.3) is 5.69 Å². The van der Waals surface area contributed by atoms with Crippen molar-refractivity contribution in [2.45, 2.75) is 13.3 Å². The molecule has 1 N–H and O–H groups in total. The molecule has 0 spiro atoms. The first-order valence-electron chi connectivity index (χ1n) is 6.30. The maximum Gasteiger partial charge on any atom is 0.269 e. The van der Waals surface area contributed by atoms with E-state index < -0.39 is 4.92 Å². The third kappa shape index (κ3) is 3.32. The van der Waals surface area contributed by atoms with Gasteiger partial charge in [-0.25, -0.2) is 4.39 Å². The van der Waals surface area contributed by atoms with E-state index in [4.69, 9.17) is 0 Å². The van der Waals surface area contributed by atoms with E-state index >= 15 is 0 Å². The van der Waals surface area contributed by atoms with Crippen molar-refractivity contribution >= 4 is 11.4 Å². The lowest BCUT2D eigenvalue weighted by Gasteiger charge is -2.09. The first-order valence-corrected chi connectivity index (χ1v) is 6.30. The summed E-state index contributed by atoms with van der Waals surface area (Å²) in [5, 5.41) is 13.7. The minimum Gasteiger partial charge on any atom is -0.384 e. The number of hydrogen-bond donors (Lipinski definition) is 1. The summed E-state index contributed by atoms with van der Waals surface area (Å²) in [6.45, 7) is 2.37. The highest BCUT2D eigenvalue weighted by molar-refractivity contribution is 5.51. The summed E-state index contributed by atoms with van der Waals surface area (Å²) in [6, 6.07) is 11.4. The van der Waals surface area contributed by atoms with E-state index in [9.17, 15) is 14.5 Å². The molecular formula is C15H15FN2O2. The smallest absolute Gasteiger partial charge is 0.269 e. The molecule has 0 aliphatic heterocycles. The van der Waals surface area contributed by atoms with Gasteiger partial charge in [-0.1, -0.05) is 18.2 Å². The van der Waals surface area contributed by atoms with Crippen molar-refractivity contribution in [2.24, 2.45) is 0 Å². The number of anilines is 1. The Bertz CT molecular complexity index is 612. The second-order valence-corrected chi connectivity index (χ2v) is 4.51. The topological polar surface area (TPSA) is 55.2 Å². The van der Waals surface area contributed by atoms with Crippen molar-refractivity contribution in [3.8, 4) is 0 Å². The molecule has 0 bridgehead atoms. The molecule has 0 fully saturated rings. The molecule has 0 amide bonds. The molecule has 0 radical (unpaired) electrons. The number of nitro groups is 1. The van der Waals surface area contributed by atoms with E-state index in [1.807, 2.05) is 6.07 Å². The van der Waals surface area contributed by atoms with E-state index in [1.165, 1.54) is 18.2 Å². The highest BCUT2D eigenvalue weighted by atomic mass is 19.1. The standard InChI is InChI=1S/C15H15FN2O2/c1-11-14(16)3-2-4-15(11)17-10-9-12-5-7-13(8-6-12)18(19)20/h2-8,17H,9-10H2,1H3. The second-order valence-electron chi connectivity index (χ2n) is 4.51. The molecule has 2 rings (SSSR count). The van der Waals surface area contributed by atoms with Gasteiger partial charge in [0.15, 0.2) is 0 Å². The predicted octanol–water partition coefficient (Wildman–Crippen LogP) is 3.70. The molecule has 2 aromatic rings. The predicted molar refractivity (Wildman–Crippen MR) is 76.4 cm³/mol. The Labute approximate surface area is 116 Å². The molecule has 0 aromatic heterocycles. The number of benzene rings is 2. The van der Waals surface area contributed by atoms with Gasteiger partial charge in [0, 0.05) is 29.9 Å². The van der Waals surface area contributed by atoms with Gasteiger partial charge < -0.3 is 5.32 Å². The van der Waals surface area contributed by atoms with E-state index in [-0.39, 0.29) is 11.5 Å². The number of nitrogens with zero attached hydrogens (tertiary/aromatic N) is 1. The summed E-state index contributed by atoms with van der Waals surface area (Å²) in [5.41, 5.74) is 2.45. The Morgan fingerprint density at radius 3 is 2.55 bits per heavy atom. The fourth-order valence-corrected chi connectivity index (χ4v) is 1.92. The van der Waals surface area contributed by atoms with Crippen LogP contribution in [-0.2, 0) is 6.42 Å². The Kier molecular flexibility index (Phi) is 4.30. The molecule has 0 aliphatic rings. The van der Waals surface area contributed by atoms with Crippen LogP contribution in [0.1, 0.15) is 11.1 Å². The average molecular weight is 274 g/mol. The lowest BCUT2D eigenvalue weighted by Crippen LogP contribution is -2.06. The normalized spacial score (nSPS) is 10.3. The fourth-order valence-electron chi connectivity index (χ4n) is 1.92. The fraction of sp³-hybridized carbons (Fsp3) is 0.200. The van der Waals surface area contributed by atoms with E-state index in [0.29, 0.717) is 18.5 Å². The molecule has 104 valence electrons. The number of halogens is 1. The molecule has 20 heavy (non-hydrogen) atoms. The van der Waals surface area contributed by atoms with E-state index in [0.717, 1.165) is 11.3 Å². The van der Waals surface area contributed by atoms with E-state index in [2.05, 4.69) is 5.32 Å². The Hall–Kier alpha value is -2.43. The average Bonchev–Trinajstić information content (AvgIpc) is 2.44. The third-order valence-corrected chi connectivity index (χ3v) is 3.14. The van der Waals surface area contributed by atoms with Crippen LogP contribution in [0, 0.1) is 22.9 Å². The minimum absolute atomic E-state index is 0.0858. The molecule has 5 heteroatoms. The maximum absolute atomic E-state index is 13.3. The van der Waals surface area contributed by atoms with E-state index in [1.54, 1.807) is 25.1 Å². The van der Waals surface area contributed by atoms with Crippen molar-refractivity contribution in [1.29, 1.82) is 0 Å². The number of nitrogens with one attached hydrogen (secondary N) is 1. The summed E-state index contributed by atoms with van der Waals surface area (Å²) >= 11 is 0. The van der Waals surface area contributed by atoms with Crippen LogP contribution in [0.2, 0.25) is 0 Å². The number of rotatable bonds is 5. The van der Waals surface area contributed by atoms with Gasteiger partial charge in [0.2, 0.25) is 0 Å². The van der Waals surface area contributed by atoms with Gasteiger partial charge in [-0.05, 0) is 31.0 Å². The van der Waals surface area contributed by atoms with Crippen molar-refractivity contribution < 1.29 is 9.31 Å². The van der Waals surface area contributed by atoms with Crippen LogP contribution >= 0.6 is 0 Å². The van der Waals surface area contributed by atoms with Crippen molar-refractivity contribution in [3.63, 3.8) is 0 Å². The van der Waals surface area contributed by atoms with Crippen molar-refractivity contribution in [3.05, 3.63) is 69.5 Å². The summed E-state index contributed by atoms with van der Waals surface area (Å²) in [5.74, 6) is -0.231. The van der Waals surface area contributed by atoms with Crippen LogP contribution in [0.5, 0.6) is 0 Å². The highest BCUT2D eigenvalue weighted by Crippen LogP contribution is 2.17. The van der Waals surface area contributed by atoms with Crippen molar-refractivity contribution in [2.75, 3.05) is 11.9 Å². The van der Waals surface area contributed by atoms with Gasteiger partial charge in [-0.15, -0.1) is 0 Å². The zero-order valence-electron chi connectivity index (χ0n) is 11.1. The Morgan fingerprint density at radius 1 is 1.20 bits per heavy atom. The monoisotopic (exact) mass is 274 g/mol. The molecule has 0 atom stereocenters. The molecule has 2 aromatic carbocycles. The van der Waals surface area contributed by atoms with Crippen LogP contribution < -0.4 is 5.32 Å². The van der Waals surface area contributed by atoms with Gasteiger partial charge >= 0.3 is 0 Å². The molecule has 0 aliphatic carbocycles. The number of non-ortho nitro benzene ring substituents is 1. The van der Waals surface area contributed by atoms with Crippen molar-refractivity contribution in [1.82, 2.24) is 0 Å².